The van der Waals surface area contributed by atoms with Crippen LogP contribution < -0.4 is 10.5 Å². The summed E-state index contributed by atoms with van der Waals surface area (Å²) < 4.78 is 5.12. The van der Waals surface area contributed by atoms with Gasteiger partial charge in [-0.1, -0.05) is 6.07 Å². The molecule has 1 aliphatic rings. The van der Waals surface area contributed by atoms with Crippen LogP contribution in [0.4, 0.5) is 0 Å². The monoisotopic (exact) mass is 217 g/mol. The molecule has 16 heavy (non-hydrogen) atoms. The zero-order chi connectivity index (χ0) is 11.5. The molecule has 0 aromatic heterocycles. The van der Waals surface area contributed by atoms with Crippen LogP contribution >= 0.6 is 0 Å². The second-order valence-corrected chi connectivity index (χ2v) is 3.29. The van der Waals surface area contributed by atoms with Crippen molar-refractivity contribution in [1.82, 2.24) is 0 Å². The Labute approximate surface area is 92.3 Å². The molecular formula is C10H11N5O. The van der Waals surface area contributed by atoms with Gasteiger partial charge in [-0.25, -0.2) is 0 Å². The third kappa shape index (κ3) is 1.77. The van der Waals surface area contributed by atoms with Crippen LogP contribution in [-0.2, 0) is 0 Å². The Morgan fingerprint density at radius 3 is 2.88 bits per heavy atom. The molecule has 0 saturated carbocycles. The van der Waals surface area contributed by atoms with Crippen molar-refractivity contribution in [3.8, 4) is 5.75 Å². The summed E-state index contributed by atoms with van der Waals surface area (Å²) in [4.78, 5) is 0. The molecule has 1 aromatic carbocycles. The molecule has 0 aliphatic carbocycles. The first kappa shape index (κ1) is 10.3. The molecule has 0 saturated heterocycles. The van der Waals surface area contributed by atoms with Gasteiger partial charge in [0.25, 0.3) is 0 Å². The molecular weight excluding hydrogens is 206 g/mol. The molecule has 1 aromatic rings. The van der Waals surface area contributed by atoms with Gasteiger partial charge in [-0.3, -0.25) is 5.41 Å². The number of amidine groups is 1. The predicted molar refractivity (Wildman–Crippen MR) is 60.1 cm³/mol. The minimum Gasteiger partial charge on any atom is -0.496 e. The predicted octanol–water partition coefficient (Wildman–Crippen LogP) is 1.47. The molecule has 1 unspecified atom stereocenters. The Bertz CT molecular complexity index is 468. The fourth-order valence-corrected chi connectivity index (χ4v) is 1.48. The number of methoxy groups -OCH3 is 1. The summed E-state index contributed by atoms with van der Waals surface area (Å²) in [5, 5.41) is 18.6. The minimum absolute atomic E-state index is 0.0365. The van der Waals surface area contributed by atoms with Crippen LogP contribution in [0.15, 0.2) is 33.6 Å². The number of ether oxygens (including phenoxy) is 1. The Balaban J connectivity index is 2.42. The topological polar surface area (TPSA) is 96.2 Å². The Kier molecular flexibility index (Phi) is 2.63. The molecule has 1 atom stereocenters. The first-order valence-corrected chi connectivity index (χ1v) is 4.68. The van der Waals surface area contributed by atoms with E-state index in [1.807, 2.05) is 6.07 Å². The van der Waals surface area contributed by atoms with Gasteiger partial charge in [0.05, 0.1) is 18.9 Å². The van der Waals surface area contributed by atoms with Gasteiger partial charge < -0.3 is 10.5 Å². The van der Waals surface area contributed by atoms with E-state index in [-0.39, 0.29) is 11.9 Å². The van der Waals surface area contributed by atoms with Crippen molar-refractivity contribution in [2.75, 3.05) is 7.11 Å². The lowest BCUT2D eigenvalue weighted by molar-refractivity contribution is 0.413. The number of nitrogen functional groups attached to an aromatic ring is 1. The molecule has 1 aliphatic heterocycles. The summed E-state index contributed by atoms with van der Waals surface area (Å²) in [5.41, 5.74) is 6.91. The highest BCUT2D eigenvalue weighted by molar-refractivity contribution is 5.98. The second-order valence-electron chi connectivity index (χ2n) is 3.29. The summed E-state index contributed by atoms with van der Waals surface area (Å²) in [6.45, 7) is 0. The fraction of sp³-hybridized carbons (Fsp3) is 0.200. The molecule has 0 fully saturated rings. The lowest BCUT2D eigenvalue weighted by Gasteiger charge is -2.10. The summed E-state index contributed by atoms with van der Waals surface area (Å²) in [6, 6.07) is 5.19. The number of rotatable bonds is 3. The van der Waals surface area contributed by atoms with Crippen LogP contribution in [0.3, 0.4) is 0 Å². The molecule has 0 spiro atoms. The molecule has 1 heterocycles. The first-order valence-electron chi connectivity index (χ1n) is 4.68. The normalized spacial score (nSPS) is 17.7. The van der Waals surface area contributed by atoms with E-state index in [2.05, 4.69) is 15.4 Å². The summed E-state index contributed by atoms with van der Waals surface area (Å²) in [5.74, 6) is 0.536. The van der Waals surface area contributed by atoms with E-state index in [1.165, 1.54) is 7.11 Å². The van der Waals surface area contributed by atoms with Crippen molar-refractivity contribution in [1.29, 1.82) is 5.41 Å². The maximum atomic E-state index is 7.46. The second kappa shape index (κ2) is 4.09. The number of hydrogen-bond donors (Lipinski definition) is 2. The SMILES string of the molecule is COc1ccc(C2C=NN=N2)cc1C(=N)N. The van der Waals surface area contributed by atoms with Gasteiger partial charge in [-0.2, -0.15) is 5.11 Å². The van der Waals surface area contributed by atoms with Crippen LogP contribution in [0.25, 0.3) is 0 Å². The Morgan fingerprint density at radius 1 is 1.50 bits per heavy atom. The van der Waals surface area contributed by atoms with Crippen molar-refractivity contribution < 1.29 is 4.74 Å². The van der Waals surface area contributed by atoms with E-state index in [4.69, 9.17) is 15.9 Å². The largest absolute Gasteiger partial charge is 0.496 e. The number of hydrogen-bond acceptors (Lipinski definition) is 5. The Hall–Kier alpha value is -2.24. The van der Waals surface area contributed by atoms with Crippen LogP contribution in [0.2, 0.25) is 0 Å². The third-order valence-corrected chi connectivity index (χ3v) is 2.29. The van der Waals surface area contributed by atoms with E-state index in [0.717, 1.165) is 5.56 Å². The highest BCUT2D eigenvalue weighted by Crippen LogP contribution is 2.25. The number of benzene rings is 1. The van der Waals surface area contributed by atoms with E-state index >= 15 is 0 Å². The standard InChI is InChI=1S/C10H11N5O/c1-16-9-3-2-6(4-7(9)10(11)12)8-5-13-15-14-8/h2-5,8H,1H3,(H3,11,12). The van der Waals surface area contributed by atoms with Crippen molar-refractivity contribution in [2.45, 2.75) is 6.04 Å². The van der Waals surface area contributed by atoms with E-state index < -0.39 is 0 Å². The maximum Gasteiger partial charge on any atom is 0.135 e. The molecule has 0 amide bonds. The van der Waals surface area contributed by atoms with E-state index in [9.17, 15) is 0 Å². The third-order valence-electron chi connectivity index (χ3n) is 2.29. The molecule has 2 rings (SSSR count). The smallest absolute Gasteiger partial charge is 0.135 e. The quantitative estimate of drug-likeness (QED) is 0.592. The highest BCUT2D eigenvalue weighted by Gasteiger charge is 2.14. The number of nitrogens with one attached hydrogen (secondary N) is 1. The Morgan fingerprint density at radius 2 is 2.31 bits per heavy atom. The number of nitrogens with two attached hydrogens (primary N) is 1. The van der Waals surface area contributed by atoms with Gasteiger partial charge in [0.2, 0.25) is 0 Å². The first-order chi connectivity index (χ1) is 7.72. The zero-order valence-corrected chi connectivity index (χ0v) is 8.71. The van der Waals surface area contributed by atoms with Gasteiger partial charge in [0.15, 0.2) is 0 Å². The van der Waals surface area contributed by atoms with E-state index in [1.54, 1.807) is 18.3 Å². The van der Waals surface area contributed by atoms with Crippen molar-refractivity contribution >= 4 is 12.1 Å². The van der Waals surface area contributed by atoms with Gasteiger partial charge in [0.1, 0.15) is 17.6 Å². The van der Waals surface area contributed by atoms with Crippen molar-refractivity contribution in [3.63, 3.8) is 0 Å². The summed E-state index contributed by atoms with van der Waals surface area (Å²) in [7, 11) is 1.54. The molecule has 6 nitrogen and oxygen atoms in total. The van der Waals surface area contributed by atoms with Gasteiger partial charge in [-0.15, -0.1) is 5.10 Å². The van der Waals surface area contributed by atoms with E-state index in [0.29, 0.717) is 11.3 Å². The van der Waals surface area contributed by atoms with Gasteiger partial charge in [0, 0.05) is 0 Å². The highest BCUT2D eigenvalue weighted by atomic mass is 16.5. The molecule has 82 valence electrons. The molecule has 0 bridgehead atoms. The lowest BCUT2D eigenvalue weighted by Crippen LogP contribution is -2.13. The molecule has 6 heteroatoms. The van der Waals surface area contributed by atoms with Crippen LogP contribution in [0.5, 0.6) is 5.75 Å². The summed E-state index contributed by atoms with van der Waals surface area (Å²) in [6.07, 6.45) is 1.63. The van der Waals surface area contributed by atoms with Crippen molar-refractivity contribution in [3.05, 3.63) is 29.3 Å². The van der Waals surface area contributed by atoms with Crippen molar-refractivity contribution in [2.24, 2.45) is 21.2 Å². The minimum atomic E-state index is -0.191. The number of nitrogens with zero attached hydrogens (tertiary/aromatic N) is 3. The zero-order valence-electron chi connectivity index (χ0n) is 8.71. The average molecular weight is 217 g/mol. The van der Waals surface area contributed by atoms with Crippen LogP contribution in [0.1, 0.15) is 17.2 Å². The fourth-order valence-electron chi connectivity index (χ4n) is 1.48. The molecule has 0 radical (unpaired) electrons. The maximum absolute atomic E-state index is 7.46. The molecule has 3 N–H and O–H groups in total. The van der Waals surface area contributed by atoms with Crippen LogP contribution in [0, 0.1) is 5.41 Å². The average Bonchev–Trinajstić information content (AvgIpc) is 2.81. The van der Waals surface area contributed by atoms with Crippen LogP contribution in [-0.4, -0.2) is 19.2 Å². The summed E-state index contributed by atoms with van der Waals surface area (Å²) >= 11 is 0. The lowest BCUT2D eigenvalue weighted by atomic mass is 10.0. The van der Waals surface area contributed by atoms with Gasteiger partial charge in [-0.05, 0) is 22.9 Å². The van der Waals surface area contributed by atoms with Gasteiger partial charge >= 0.3 is 0 Å².